The van der Waals surface area contributed by atoms with E-state index in [0.717, 1.165) is 18.3 Å². The lowest BCUT2D eigenvalue weighted by Gasteiger charge is -2.06. The van der Waals surface area contributed by atoms with Crippen molar-refractivity contribution >= 4 is 5.97 Å². The smallest absolute Gasteiger partial charge is 0.309 e. The van der Waals surface area contributed by atoms with Crippen LogP contribution in [0.5, 0.6) is 0 Å². The largest absolute Gasteiger partial charge is 0.481 e. The maximum absolute atomic E-state index is 13.6. The number of rotatable bonds is 3. The van der Waals surface area contributed by atoms with E-state index >= 15 is 0 Å². The monoisotopic (exact) mass is 267 g/mol. The number of carbonyl (C=O) groups is 1. The van der Waals surface area contributed by atoms with Gasteiger partial charge in [0, 0.05) is 17.3 Å². The van der Waals surface area contributed by atoms with Crippen LogP contribution in [0.2, 0.25) is 0 Å². The standard InChI is InChI=1S/C13H8F3NO2/c14-9-3-1-2-8(13(9)16)7-4-10(15)11(17-6-7)5-12(18)19/h1-4,6H,5H2,(H,18,19). The first-order chi connectivity index (χ1) is 8.99. The van der Waals surface area contributed by atoms with Crippen LogP contribution in [0.4, 0.5) is 13.2 Å². The fourth-order valence-electron chi connectivity index (χ4n) is 1.61. The van der Waals surface area contributed by atoms with Crippen molar-refractivity contribution < 1.29 is 23.1 Å². The molecule has 0 aliphatic carbocycles. The molecule has 2 rings (SSSR count). The molecule has 3 nitrogen and oxygen atoms in total. The fraction of sp³-hybridized carbons (Fsp3) is 0.0769. The van der Waals surface area contributed by atoms with Crippen molar-refractivity contribution in [3.8, 4) is 11.1 Å². The first kappa shape index (κ1) is 13.1. The quantitative estimate of drug-likeness (QED) is 0.930. The summed E-state index contributed by atoms with van der Waals surface area (Å²) in [5, 5.41) is 8.54. The minimum Gasteiger partial charge on any atom is -0.481 e. The zero-order chi connectivity index (χ0) is 14.0. The highest BCUT2D eigenvalue weighted by atomic mass is 19.2. The van der Waals surface area contributed by atoms with Gasteiger partial charge in [-0.05, 0) is 12.1 Å². The number of carboxylic acids is 1. The van der Waals surface area contributed by atoms with Gasteiger partial charge in [0.15, 0.2) is 11.6 Å². The van der Waals surface area contributed by atoms with Gasteiger partial charge in [-0.3, -0.25) is 9.78 Å². The molecule has 1 aromatic carbocycles. The van der Waals surface area contributed by atoms with E-state index in [0.29, 0.717) is 0 Å². The Kier molecular flexibility index (Phi) is 3.50. The van der Waals surface area contributed by atoms with E-state index in [1.807, 2.05) is 0 Å². The minimum atomic E-state index is -1.23. The van der Waals surface area contributed by atoms with Crippen molar-refractivity contribution in [2.24, 2.45) is 0 Å². The summed E-state index contributed by atoms with van der Waals surface area (Å²) in [6.45, 7) is 0. The van der Waals surface area contributed by atoms with Gasteiger partial charge < -0.3 is 5.11 Å². The molecule has 1 aromatic heterocycles. The van der Waals surface area contributed by atoms with Crippen molar-refractivity contribution in [2.45, 2.75) is 6.42 Å². The Balaban J connectivity index is 2.44. The molecule has 0 saturated carbocycles. The minimum absolute atomic E-state index is 0.0450. The third kappa shape index (κ3) is 2.73. The van der Waals surface area contributed by atoms with Gasteiger partial charge in [-0.25, -0.2) is 13.2 Å². The lowest BCUT2D eigenvalue weighted by Crippen LogP contribution is -2.05. The molecule has 19 heavy (non-hydrogen) atoms. The Morgan fingerprint density at radius 1 is 1.21 bits per heavy atom. The van der Waals surface area contributed by atoms with Crippen LogP contribution in [0.25, 0.3) is 11.1 Å². The van der Waals surface area contributed by atoms with Gasteiger partial charge in [-0.15, -0.1) is 0 Å². The maximum Gasteiger partial charge on any atom is 0.309 e. The summed E-state index contributed by atoms with van der Waals surface area (Å²) in [5.74, 6) is -4.25. The van der Waals surface area contributed by atoms with Gasteiger partial charge in [0.1, 0.15) is 5.82 Å². The summed E-state index contributed by atoms with van der Waals surface area (Å²) in [6.07, 6.45) is 0.539. The number of pyridine rings is 1. The van der Waals surface area contributed by atoms with Crippen LogP contribution in [0.1, 0.15) is 5.69 Å². The Bertz CT molecular complexity index is 644. The van der Waals surface area contributed by atoms with Gasteiger partial charge in [0.25, 0.3) is 0 Å². The number of hydrogen-bond acceptors (Lipinski definition) is 2. The summed E-state index contributed by atoms with van der Waals surface area (Å²) in [7, 11) is 0. The van der Waals surface area contributed by atoms with Gasteiger partial charge in [-0.2, -0.15) is 0 Å². The van der Waals surface area contributed by atoms with Crippen LogP contribution in [0.15, 0.2) is 30.5 Å². The van der Waals surface area contributed by atoms with Crippen LogP contribution in [-0.2, 0) is 11.2 Å². The average Bonchev–Trinajstić information content (AvgIpc) is 2.35. The zero-order valence-corrected chi connectivity index (χ0v) is 9.53. The second kappa shape index (κ2) is 5.09. The van der Waals surface area contributed by atoms with E-state index in [2.05, 4.69) is 4.98 Å². The SMILES string of the molecule is O=C(O)Cc1ncc(-c2cccc(F)c2F)cc1F. The number of nitrogens with zero attached hydrogens (tertiary/aromatic N) is 1. The normalized spacial score (nSPS) is 10.5. The molecular formula is C13H8F3NO2. The summed E-state index contributed by atoms with van der Waals surface area (Å²) >= 11 is 0. The van der Waals surface area contributed by atoms with Crippen LogP contribution >= 0.6 is 0 Å². The van der Waals surface area contributed by atoms with Crippen molar-refractivity contribution in [1.29, 1.82) is 0 Å². The topological polar surface area (TPSA) is 50.2 Å². The first-order valence-electron chi connectivity index (χ1n) is 5.29. The van der Waals surface area contributed by atoms with Gasteiger partial charge in [-0.1, -0.05) is 12.1 Å². The fourth-order valence-corrected chi connectivity index (χ4v) is 1.61. The van der Waals surface area contributed by atoms with Crippen LogP contribution in [-0.4, -0.2) is 16.1 Å². The van der Waals surface area contributed by atoms with Gasteiger partial charge in [0.05, 0.1) is 12.1 Å². The Morgan fingerprint density at radius 3 is 2.58 bits per heavy atom. The van der Waals surface area contributed by atoms with Crippen molar-refractivity contribution in [3.05, 3.63) is 53.6 Å². The Morgan fingerprint density at radius 2 is 1.95 bits per heavy atom. The predicted octanol–water partition coefficient (Wildman–Crippen LogP) is 2.79. The highest BCUT2D eigenvalue weighted by molar-refractivity contribution is 5.70. The van der Waals surface area contributed by atoms with E-state index in [1.165, 1.54) is 12.1 Å². The zero-order valence-electron chi connectivity index (χ0n) is 9.53. The number of hydrogen-bond donors (Lipinski definition) is 1. The molecule has 1 N–H and O–H groups in total. The Hall–Kier alpha value is -2.37. The highest BCUT2D eigenvalue weighted by Crippen LogP contribution is 2.25. The van der Waals surface area contributed by atoms with Crippen molar-refractivity contribution in [3.63, 3.8) is 0 Å². The summed E-state index contributed by atoms with van der Waals surface area (Å²) in [6, 6.07) is 4.45. The number of halogens is 3. The molecule has 1 heterocycles. The first-order valence-corrected chi connectivity index (χ1v) is 5.29. The van der Waals surface area contributed by atoms with E-state index in [9.17, 15) is 18.0 Å². The van der Waals surface area contributed by atoms with E-state index < -0.39 is 29.8 Å². The van der Waals surface area contributed by atoms with Gasteiger partial charge >= 0.3 is 5.97 Å². The number of aromatic nitrogens is 1. The second-order valence-corrected chi connectivity index (χ2v) is 3.82. The number of benzene rings is 1. The molecule has 6 heteroatoms. The Labute approximate surface area is 106 Å². The molecule has 0 amide bonds. The molecule has 0 radical (unpaired) electrons. The summed E-state index contributed by atoms with van der Waals surface area (Å²) in [4.78, 5) is 14.1. The van der Waals surface area contributed by atoms with Crippen LogP contribution in [0.3, 0.4) is 0 Å². The summed E-state index contributed by atoms with van der Waals surface area (Å²) < 4.78 is 40.1. The molecule has 0 bridgehead atoms. The van der Waals surface area contributed by atoms with E-state index in [4.69, 9.17) is 5.11 Å². The lowest BCUT2D eigenvalue weighted by molar-refractivity contribution is -0.136. The molecule has 0 aliphatic rings. The number of carboxylic acid groups (broad SMARTS) is 1. The molecule has 0 atom stereocenters. The second-order valence-electron chi connectivity index (χ2n) is 3.82. The van der Waals surface area contributed by atoms with Crippen molar-refractivity contribution in [1.82, 2.24) is 4.98 Å². The molecule has 0 spiro atoms. The third-order valence-corrected chi connectivity index (χ3v) is 2.50. The van der Waals surface area contributed by atoms with Gasteiger partial charge in [0.2, 0.25) is 0 Å². The summed E-state index contributed by atoms with van der Waals surface area (Å²) in [5.41, 5.74) is -0.343. The average molecular weight is 267 g/mol. The van der Waals surface area contributed by atoms with E-state index in [1.54, 1.807) is 0 Å². The number of aliphatic carboxylic acids is 1. The molecule has 2 aromatic rings. The molecule has 0 saturated heterocycles. The molecule has 98 valence electrons. The molecular weight excluding hydrogens is 259 g/mol. The lowest BCUT2D eigenvalue weighted by atomic mass is 10.1. The molecule has 0 unspecified atom stereocenters. The molecule has 0 fully saturated rings. The maximum atomic E-state index is 13.6. The van der Waals surface area contributed by atoms with E-state index in [-0.39, 0.29) is 16.8 Å². The van der Waals surface area contributed by atoms with Crippen LogP contribution < -0.4 is 0 Å². The predicted molar refractivity (Wildman–Crippen MR) is 60.9 cm³/mol. The third-order valence-electron chi connectivity index (χ3n) is 2.50. The molecule has 0 aliphatic heterocycles. The highest BCUT2D eigenvalue weighted by Gasteiger charge is 2.14. The van der Waals surface area contributed by atoms with Crippen molar-refractivity contribution in [2.75, 3.05) is 0 Å². The van der Waals surface area contributed by atoms with Crippen LogP contribution in [0, 0.1) is 17.5 Å².